The van der Waals surface area contributed by atoms with Crippen molar-refractivity contribution in [3.05, 3.63) is 51.3 Å². The number of carbonyl (C=O) groups is 2. The molecule has 0 spiro atoms. The van der Waals surface area contributed by atoms with Gasteiger partial charge in [0.25, 0.3) is 0 Å². The SMILES string of the molecule is C[C@@H](C=C=CCC(F)(F)F)C/C=C1/C(=O)C(I)=C[C@@H]1C/C=C\CCCC(=O)O. The molecule has 0 aromatic heterocycles. The van der Waals surface area contributed by atoms with Crippen molar-refractivity contribution >= 4 is 34.3 Å². The van der Waals surface area contributed by atoms with Crippen LogP contribution in [0.15, 0.2) is 51.3 Å². The van der Waals surface area contributed by atoms with Gasteiger partial charge >= 0.3 is 12.1 Å². The van der Waals surface area contributed by atoms with Crippen LogP contribution in [-0.2, 0) is 9.59 Å². The highest BCUT2D eigenvalue weighted by atomic mass is 127. The first kappa shape index (κ1) is 24.4. The van der Waals surface area contributed by atoms with Crippen LogP contribution in [0.5, 0.6) is 0 Å². The summed E-state index contributed by atoms with van der Waals surface area (Å²) in [7, 11) is 0. The molecule has 154 valence electrons. The minimum Gasteiger partial charge on any atom is -0.481 e. The van der Waals surface area contributed by atoms with Crippen LogP contribution in [0.2, 0.25) is 0 Å². The summed E-state index contributed by atoms with van der Waals surface area (Å²) >= 11 is 2.01. The summed E-state index contributed by atoms with van der Waals surface area (Å²) in [5.74, 6) is -0.870. The van der Waals surface area contributed by atoms with Crippen LogP contribution in [0.4, 0.5) is 13.2 Å². The Kier molecular flexibility index (Phi) is 10.5. The van der Waals surface area contributed by atoms with Gasteiger partial charge in [0.1, 0.15) is 0 Å². The predicted molar refractivity (Wildman–Crippen MR) is 111 cm³/mol. The molecule has 0 aromatic rings. The molecule has 1 aliphatic rings. The molecule has 0 saturated carbocycles. The van der Waals surface area contributed by atoms with Crippen molar-refractivity contribution in [2.24, 2.45) is 11.8 Å². The fourth-order valence-electron chi connectivity index (χ4n) is 2.61. The van der Waals surface area contributed by atoms with Gasteiger partial charge in [0, 0.05) is 17.9 Å². The van der Waals surface area contributed by atoms with E-state index in [1.807, 2.05) is 53.8 Å². The van der Waals surface area contributed by atoms with Crippen LogP contribution < -0.4 is 0 Å². The highest BCUT2D eigenvalue weighted by molar-refractivity contribution is 14.1. The highest BCUT2D eigenvalue weighted by Crippen LogP contribution is 2.33. The van der Waals surface area contributed by atoms with Crippen LogP contribution in [-0.4, -0.2) is 23.0 Å². The van der Waals surface area contributed by atoms with E-state index < -0.39 is 18.6 Å². The molecule has 1 rings (SSSR count). The van der Waals surface area contributed by atoms with E-state index in [9.17, 15) is 22.8 Å². The van der Waals surface area contributed by atoms with Gasteiger partial charge in [-0.1, -0.05) is 31.2 Å². The number of allylic oxidation sites excluding steroid dienone is 7. The van der Waals surface area contributed by atoms with Crippen molar-refractivity contribution in [1.29, 1.82) is 0 Å². The van der Waals surface area contributed by atoms with Gasteiger partial charge in [-0.15, -0.1) is 5.73 Å². The molecule has 1 N–H and O–H groups in total. The van der Waals surface area contributed by atoms with Gasteiger partial charge in [0.15, 0.2) is 5.78 Å². The third-order valence-corrected chi connectivity index (χ3v) is 4.94. The number of alkyl halides is 3. The molecule has 2 atom stereocenters. The van der Waals surface area contributed by atoms with E-state index >= 15 is 0 Å². The van der Waals surface area contributed by atoms with Crippen LogP contribution in [0.1, 0.15) is 45.4 Å². The maximum Gasteiger partial charge on any atom is 0.393 e. The second-order valence-electron chi connectivity index (χ2n) is 6.67. The largest absolute Gasteiger partial charge is 0.481 e. The van der Waals surface area contributed by atoms with Crippen LogP contribution in [0.3, 0.4) is 0 Å². The second kappa shape index (κ2) is 12.1. The monoisotopic (exact) mass is 508 g/mol. The third-order valence-electron chi connectivity index (χ3n) is 4.09. The van der Waals surface area contributed by atoms with Gasteiger partial charge in [0.05, 0.1) is 10.0 Å². The van der Waals surface area contributed by atoms with Crippen molar-refractivity contribution in [3.8, 4) is 0 Å². The van der Waals surface area contributed by atoms with Crippen molar-refractivity contribution in [2.45, 2.75) is 51.6 Å². The average molecular weight is 508 g/mol. The second-order valence-corrected chi connectivity index (χ2v) is 7.83. The zero-order valence-corrected chi connectivity index (χ0v) is 17.8. The van der Waals surface area contributed by atoms with Gasteiger partial charge in [-0.2, -0.15) is 13.2 Å². The first-order chi connectivity index (χ1) is 13.1. The van der Waals surface area contributed by atoms with E-state index in [2.05, 4.69) is 5.73 Å². The van der Waals surface area contributed by atoms with Gasteiger partial charge in [-0.05, 0) is 66.3 Å². The van der Waals surface area contributed by atoms with Gasteiger partial charge in [-0.25, -0.2) is 0 Å². The average Bonchev–Trinajstić information content (AvgIpc) is 2.86. The van der Waals surface area contributed by atoms with Crippen molar-refractivity contribution in [1.82, 2.24) is 0 Å². The minimum absolute atomic E-state index is 0.00586. The number of halogens is 4. The quantitative estimate of drug-likeness (QED) is 0.124. The standard InChI is InChI=1S/C21H24F3IO3/c1-15(8-6-7-13-21(22,23)24)11-12-17-16(14-18(25)20(17)28)9-4-2-3-5-10-19(26)27/h2,4,7-8,12,14-16H,3,5,9-11,13H2,1H3,(H,26,27)/b4-2-,17-12+/t6?,15-,16-/m0/s1. The van der Waals surface area contributed by atoms with E-state index in [0.29, 0.717) is 34.8 Å². The summed E-state index contributed by atoms with van der Waals surface area (Å²) in [4.78, 5) is 22.8. The molecule has 0 radical (unpaired) electrons. The Morgan fingerprint density at radius 2 is 2.11 bits per heavy atom. The molecule has 0 amide bonds. The first-order valence-corrected chi connectivity index (χ1v) is 10.1. The number of hydrogen-bond acceptors (Lipinski definition) is 2. The number of Topliss-reactive ketones (excluding diaryl/α,β-unsaturated/α-hetero) is 1. The number of unbranched alkanes of at least 4 members (excludes halogenated alkanes) is 1. The zero-order valence-electron chi connectivity index (χ0n) is 15.6. The normalized spacial score (nSPS) is 19.6. The Labute approximate surface area is 176 Å². The van der Waals surface area contributed by atoms with Crippen molar-refractivity contribution in [2.75, 3.05) is 0 Å². The summed E-state index contributed by atoms with van der Waals surface area (Å²) in [6, 6.07) is 0. The maximum atomic E-state index is 12.3. The molecule has 0 aromatic carbocycles. The first-order valence-electron chi connectivity index (χ1n) is 9.07. The predicted octanol–water partition coefficient (Wildman–Crippen LogP) is 6.32. The number of ketones is 1. The number of hydrogen-bond donors (Lipinski definition) is 1. The van der Waals surface area contributed by atoms with E-state index in [1.54, 1.807) is 6.08 Å². The van der Waals surface area contributed by atoms with Crippen LogP contribution in [0, 0.1) is 11.8 Å². The summed E-state index contributed by atoms with van der Waals surface area (Å²) < 4.78 is 36.9. The number of carboxylic acids is 1. The fourth-order valence-corrected chi connectivity index (χ4v) is 3.35. The molecule has 0 fully saturated rings. The summed E-state index contributed by atoms with van der Waals surface area (Å²) in [5, 5.41) is 8.61. The number of carbonyl (C=O) groups excluding carboxylic acids is 1. The Balaban J connectivity index is 2.60. The van der Waals surface area contributed by atoms with E-state index in [-0.39, 0.29) is 24.0 Å². The highest BCUT2D eigenvalue weighted by Gasteiger charge is 2.27. The van der Waals surface area contributed by atoms with E-state index in [4.69, 9.17) is 5.11 Å². The lowest BCUT2D eigenvalue weighted by Crippen LogP contribution is -2.04. The Morgan fingerprint density at radius 1 is 1.39 bits per heavy atom. The molecule has 0 bridgehead atoms. The molecule has 28 heavy (non-hydrogen) atoms. The Hall–Kier alpha value is -1.60. The summed E-state index contributed by atoms with van der Waals surface area (Å²) in [6.07, 6.45) is 7.59. The topological polar surface area (TPSA) is 54.4 Å². The van der Waals surface area contributed by atoms with Crippen LogP contribution in [0.25, 0.3) is 0 Å². The molecule has 0 unspecified atom stereocenters. The maximum absolute atomic E-state index is 12.3. The molecule has 0 heterocycles. The van der Waals surface area contributed by atoms with Crippen molar-refractivity contribution in [3.63, 3.8) is 0 Å². The van der Waals surface area contributed by atoms with Gasteiger partial charge < -0.3 is 5.11 Å². The minimum atomic E-state index is -4.22. The molecule has 7 heteroatoms. The molecule has 3 nitrogen and oxygen atoms in total. The van der Waals surface area contributed by atoms with Gasteiger partial charge in [0.2, 0.25) is 0 Å². The van der Waals surface area contributed by atoms with Crippen molar-refractivity contribution < 1.29 is 27.9 Å². The van der Waals surface area contributed by atoms with E-state index in [0.717, 1.165) is 6.08 Å². The summed E-state index contributed by atoms with van der Waals surface area (Å²) in [6.45, 7) is 1.86. The molecule has 0 saturated heterocycles. The number of rotatable bonds is 10. The lowest BCUT2D eigenvalue weighted by Gasteiger charge is -2.09. The molecular formula is C21H24F3IO3. The molecular weight excluding hydrogens is 484 g/mol. The van der Waals surface area contributed by atoms with E-state index in [1.165, 1.54) is 0 Å². The number of aliphatic carboxylic acids is 1. The Bertz CT molecular complexity index is 711. The lowest BCUT2D eigenvalue weighted by molar-refractivity contribution is -0.137. The third kappa shape index (κ3) is 10.1. The lowest BCUT2D eigenvalue weighted by atomic mass is 9.95. The zero-order chi connectivity index (χ0) is 21.2. The Morgan fingerprint density at radius 3 is 2.75 bits per heavy atom. The van der Waals surface area contributed by atoms with Crippen LogP contribution >= 0.6 is 22.6 Å². The van der Waals surface area contributed by atoms with Gasteiger partial charge in [-0.3, -0.25) is 9.59 Å². The smallest absolute Gasteiger partial charge is 0.393 e. The fraction of sp³-hybridized carbons (Fsp3) is 0.476. The number of carboxylic acid groups (broad SMARTS) is 1. The summed E-state index contributed by atoms with van der Waals surface area (Å²) in [5.41, 5.74) is 3.27. The molecule has 0 aliphatic heterocycles. The molecule has 1 aliphatic carbocycles.